The van der Waals surface area contributed by atoms with Gasteiger partial charge in [-0.05, 0) is 48.6 Å². The molecule has 0 aliphatic heterocycles. The van der Waals surface area contributed by atoms with Gasteiger partial charge in [-0.1, -0.05) is 13.8 Å². The molecule has 3 nitrogen and oxygen atoms in total. The third-order valence-electron chi connectivity index (χ3n) is 3.79. The number of ether oxygens (including phenoxy) is 2. The smallest absolute Gasteiger partial charge is 0.161 e. The standard InChI is InChI=1S/C15H23NO2/c1-15(2)8-10-6-13(17-4)14(18-5)7-11(10)12(9-15)16-3/h6-7,12,16H,8-9H2,1-5H3. The Hall–Kier alpha value is -1.22. The van der Waals surface area contributed by atoms with Crippen LogP contribution < -0.4 is 14.8 Å². The van der Waals surface area contributed by atoms with Crippen LogP contribution >= 0.6 is 0 Å². The molecule has 3 heteroatoms. The summed E-state index contributed by atoms with van der Waals surface area (Å²) in [5.74, 6) is 1.64. The number of fused-ring (bicyclic) bond motifs is 1. The first-order valence-electron chi connectivity index (χ1n) is 6.43. The normalized spacial score (nSPS) is 21.3. The molecule has 1 aliphatic rings. The maximum atomic E-state index is 5.39. The van der Waals surface area contributed by atoms with Gasteiger partial charge in [-0.2, -0.15) is 0 Å². The van der Waals surface area contributed by atoms with Crippen LogP contribution in [0, 0.1) is 5.41 Å². The third kappa shape index (κ3) is 2.32. The van der Waals surface area contributed by atoms with E-state index in [1.807, 2.05) is 7.05 Å². The van der Waals surface area contributed by atoms with Crippen molar-refractivity contribution in [1.29, 1.82) is 0 Å². The van der Waals surface area contributed by atoms with Crippen LogP contribution in [0.2, 0.25) is 0 Å². The monoisotopic (exact) mass is 249 g/mol. The van der Waals surface area contributed by atoms with Gasteiger partial charge in [0.25, 0.3) is 0 Å². The molecule has 1 N–H and O–H groups in total. The van der Waals surface area contributed by atoms with Gasteiger partial charge in [-0.15, -0.1) is 0 Å². The van der Waals surface area contributed by atoms with E-state index < -0.39 is 0 Å². The minimum atomic E-state index is 0.320. The van der Waals surface area contributed by atoms with E-state index in [2.05, 4.69) is 31.3 Å². The Kier molecular flexibility index (Phi) is 3.53. The third-order valence-corrected chi connectivity index (χ3v) is 3.79. The summed E-state index contributed by atoms with van der Waals surface area (Å²) in [7, 11) is 5.39. The Labute approximate surface area is 109 Å². The second-order valence-corrected chi connectivity index (χ2v) is 5.79. The van der Waals surface area contributed by atoms with Crippen molar-refractivity contribution >= 4 is 0 Å². The Bertz CT molecular complexity index is 440. The molecule has 18 heavy (non-hydrogen) atoms. The lowest BCUT2D eigenvalue weighted by Gasteiger charge is -2.37. The summed E-state index contributed by atoms with van der Waals surface area (Å²) >= 11 is 0. The topological polar surface area (TPSA) is 30.5 Å². The summed E-state index contributed by atoms with van der Waals surface area (Å²) in [6, 6.07) is 4.63. The van der Waals surface area contributed by atoms with Crippen LogP contribution in [0.4, 0.5) is 0 Å². The van der Waals surface area contributed by atoms with Crippen molar-refractivity contribution in [3.63, 3.8) is 0 Å². The maximum Gasteiger partial charge on any atom is 0.161 e. The van der Waals surface area contributed by atoms with E-state index in [1.54, 1.807) is 14.2 Å². The summed E-state index contributed by atoms with van der Waals surface area (Å²) in [5.41, 5.74) is 3.03. The predicted molar refractivity (Wildman–Crippen MR) is 73.4 cm³/mol. The van der Waals surface area contributed by atoms with E-state index in [0.717, 1.165) is 24.3 Å². The van der Waals surface area contributed by atoms with Gasteiger partial charge >= 0.3 is 0 Å². The number of hydrogen-bond acceptors (Lipinski definition) is 3. The van der Waals surface area contributed by atoms with E-state index in [4.69, 9.17) is 9.47 Å². The summed E-state index contributed by atoms with van der Waals surface area (Å²) in [4.78, 5) is 0. The highest BCUT2D eigenvalue weighted by Crippen LogP contribution is 2.44. The highest BCUT2D eigenvalue weighted by Gasteiger charge is 2.32. The number of nitrogens with one attached hydrogen (secondary N) is 1. The first-order valence-corrected chi connectivity index (χ1v) is 6.43. The quantitative estimate of drug-likeness (QED) is 0.893. The largest absolute Gasteiger partial charge is 0.493 e. The first-order chi connectivity index (χ1) is 8.50. The van der Waals surface area contributed by atoms with Gasteiger partial charge in [0.1, 0.15) is 0 Å². The number of hydrogen-bond donors (Lipinski definition) is 1. The zero-order valence-electron chi connectivity index (χ0n) is 12.0. The molecule has 1 aliphatic carbocycles. The second-order valence-electron chi connectivity index (χ2n) is 5.79. The molecule has 1 aromatic rings. The van der Waals surface area contributed by atoms with Crippen LogP contribution in [-0.2, 0) is 6.42 Å². The maximum absolute atomic E-state index is 5.39. The molecule has 0 heterocycles. The number of methoxy groups -OCH3 is 2. The second kappa shape index (κ2) is 4.81. The van der Waals surface area contributed by atoms with Gasteiger partial charge in [-0.25, -0.2) is 0 Å². The van der Waals surface area contributed by atoms with Crippen LogP contribution in [0.5, 0.6) is 11.5 Å². The summed E-state index contributed by atoms with van der Waals surface area (Å²) in [6.07, 6.45) is 2.23. The molecule has 1 unspecified atom stereocenters. The molecule has 0 spiro atoms. The Morgan fingerprint density at radius 1 is 1.17 bits per heavy atom. The number of benzene rings is 1. The Morgan fingerprint density at radius 3 is 2.33 bits per heavy atom. The van der Waals surface area contributed by atoms with Crippen LogP contribution in [0.1, 0.15) is 37.4 Å². The lowest BCUT2D eigenvalue weighted by molar-refractivity contribution is 0.262. The molecule has 0 amide bonds. The average molecular weight is 249 g/mol. The minimum Gasteiger partial charge on any atom is -0.493 e. The zero-order valence-corrected chi connectivity index (χ0v) is 12.0. The van der Waals surface area contributed by atoms with Crippen LogP contribution in [0.3, 0.4) is 0 Å². The van der Waals surface area contributed by atoms with E-state index in [1.165, 1.54) is 11.1 Å². The Morgan fingerprint density at radius 2 is 1.78 bits per heavy atom. The highest BCUT2D eigenvalue weighted by molar-refractivity contribution is 5.49. The van der Waals surface area contributed by atoms with Crippen LogP contribution in [0.25, 0.3) is 0 Å². The molecule has 1 atom stereocenters. The molecule has 1 aromatic carbocycles. The van der Waals surface area contributed by atoms with Crippen molar-refractivity contribution in [2.75, 3.05) is 21.3 Å². The molecule has 0 fully saturated rings. The predicted octanol–water partition coefficient (Wildman–Crippen LogP) is 2.94. The van der Waals surface area contributed by atoms with E-state index in [0.29, 0.717) is 11.5 Å². The molecule has 0 radical (unpaired) electrons. The lowest BCUT2D eigenvalue weighted by Crippen LogP contribution is -2.31. The SMILES string of the molecule is CNC1CC(C)(C)Cc2cc(OC)c(OC)cc21. The number of rotatable bonds is 3. The van der Waals surface area contributed by atoms with Gasteiger partial charge in [0.15, 0.2) is 11.5 Å². The summed E-state index contributed by atoms with van der Waals surface area (Å²) in [5, 5.41) is 3.41. The molecule has 0 bridgehead atoms. The van der Waals surface area contributed by atoms with Crippen molar-refractivity contribution < 1.29 is 9.47 Å². The van der Waals surface area contributed by atoms with Crippen molar-refractivity contribution in [3.8, 4) is 11.5 Å². The van der Waals surface area contributed by atoms with Gasteiger partial charge in [0.05, 0.1) is 14.2 Å². The summed E-state index contributed by atoms with van der Waals surface area (Å²) in [6.45, 7) is 4.63. The lowest BCUT2D eigenvalue weighted by atomic mass is 9.72. The van der Waals surface area contributed by atoms with Crippen LogP contribution in [0.15, 0.2) is 12.1 Å². The van der Waals surface area contributed by atoms with Crippen LogP contribution in [-0.4, -0.2) is 21.3 Å². The molecule has 0 saturated carbocycles. The zero-order chi connectivity index (χ0) is 13.3. The fraction of sp³-hybridized carbons (Fsp3) is 0.600. The van der Waals surface area contributed by atoms with Gasteiger partial charge in [-0.3, -0.25) is 0 Å². The van der Waals surface area contributed by atoms with Gasteiger partial charge < -0.3 is 14.8 Å². The molecule has 100 valence electrons. The van der Waals surface area contributed by atoms with Gasteiger partial charge in [0.2, 0.25) is 0 Å². The highest BCUT2D eigenvalue weighted by atomic mass is 16.5. The fourth-order valence-electron chi connectivity index (χ4n) is 2.92. The van der Waals surface area contributed by atoms with E-state index in [9.17, 15) is 0 Å². The molecule has 0 saturated heterocycles. The molecule has 2 rings (SSSR count). The summed E-state index contributed by atoms with van der Waals surface area (Å²) < 4.78 is 10.8. The fourth-order valence-corrected chi connectivity index (χ4v) is 2.92. The molecule has 0 aromatic heterocycles. The van der Waals surface area contributed by atoms with Crippen molar-refractivity contribution in [3.05, 3.63) is 23.3 Å². The minimum absolute atomic E-state index is 0.320. The van der Waals surface area contributed by atoms with Crippen molar-refractivity contribution in [2.24, 2.45) is 5.41 Å². The Balaban J connectivity index is 2.51. The van der Waals surface area contributed by atoms with Gasteiger partial charge in [0, 0.05) is 6.04 Å². The average Bonchev–Trinajstić information content (AvgIpc) is 2.35. The van der Waals surface area contributed by atoms with E-state index in [-0.39, 0.29) is 0 Å². The molecular formula is C15H23NO2. The van der Waals surface area contributed by atoms with Crippen molar-refractivity contribution in [2.45, 2.75) is 32.7 Å². The van der Waals surface area contributed by atoms with Crippen molar-refractivity contribution in [1.82, 2.24) is 5.32 Å². The first kappa shape index (κ1) is 13.2. The van der Waals surface area contributed by atoms with E-state index >= 15 is 0 Å². The molecular weight excluding hydrogens is 226 g/mol.